The van der Waals surface area contributed by atoms with Crippen LogP contribution in [-0.4, -0.2) is 61.0 Å². The maximum Gasteiger partial charge on any atom is 0.410 e. The highest BCUT2D eigenvalue weighted by Gasteiger charge is 2.27. The number of nitrogens with zero attached hydrogens (tertiary/aromatic N) is 6. The molecular weight excluding hydrogens is 582 g/mol. The van der Waals surface area contributed by atoms with Crippen molar-refractivity contribution in [2.75, 3.05) is 25.5 Å². The minimum atomic E-state index is -0.544. The predicted octanol–water partition coefficient (Wildman–Crippen LogP) is 5.60. The van der Waals surface area contributed by atoms with E-state index in [-0.39, 0.29) is 12.3 Å². The Morgan fingerprint density at radius 1 is 1.15 bits per heavy atom. The van der Waals surface area contributed by atoms with Gasteiger partial charge >= 0.3 is 6.09 Å². The van der Waals surface area contributed by atoms with Crippen molar-refractivity contribution in [3.8, 4) is 0 Å². The molecule has 1 saturated heterocycles. The van der Waals surface area contributed by atoms with E-state index in [4.69, 9.17) is 26.0 Å². The van der Waals surface area contributed by atoms with Crippen molar-refractivity contribution in [1.29, 1.82) is 0 Å². The number of carbonyl (C=O) groups is 1. The number of nitrogens with one attached hydrogen (secondary N) is 1. The number of hydrogen-bond donors (Lipinski definition) is 3. The summed E-state index contributed by atoms with van der Waals surface area (Å²) in [7, 11) is 1.89. The van der Waals surface area contributed by atoms with Gasteiger partial charge in [-0.1, -0.05) is 12.5 Å². The third-order valence-electron chi connectivity index (χ3n) is 8.68. The van der Waals surface area contributed by atoms with Crippen molar-refractivity contribution in [3.63, 3.8) is 0 Å². The zero-order valence-electron chi connectivity index (χ0n) is 27.4. The van der Waals surface area contributed by atoms with Crippen LogP contribution < -0.4 is 16.9 Å². The quantitative estimate of drug-likeness (QED) is 0.151. The van der Waals surface area contributed by atoms with Crippen LogP contribution in [0, 0.1) is 5.92 Å². The lowest BCUT2D eigenvalue weighted by Crippen LogP contribution is -2.40. The van der Waals surface area contributed by atoms with E-state index in [1.165, 1.54) is 6.42 Å². The number of ether oxygens (including phenoxy) is 2. The molecule has 46 heavy (non-hydrogen) atoms. The van der Waals surface area contributed by atoms with Gasteiger partial charge in [-0.15, -0.1) is 0 Å². The zero-order chi connectivity index (χ0) is 32.4. The first kappa shape index (κ1) is 31.7. The molecule has 0 spiro atoms. The summed E-state index contributed by atoms with van der Waals surface area (Å²) in [6, 6.07) is 8.06. The fraction of sp³-hybridized carbons (Fsp3) is 0.500. The molecular formula is C34H47N9O3. The number of pyridine rings is 1. The Hall–Kier alpha value is -4.29. The Labute approximate surface area is 270 Å². The summed E-state index contributed by atoms with van der Waals surface area (Å²) in [6.45, 7) is 7.97. The van der Waals surface area contributed by atoms with Crippen molar-refractivity contribution < 1.29 is 14.3 Å². The first-order valence-corrected chi connectivity index (χ1v) is 16.3. The molecule has 2 aliphatic rings. The molecule has 1 amide bonds. The van der Waals surface area contributed by atoms with E-state index in [1.807, 2.05) is 78.6 Å². The number of amides is 1. The number of nitrogens with two attached hydrogens (primary N) is 2. The summed E-state index contributed by atoms with van der Waals surface area (Å²) in [4.78, 5) is 19.6. The number of hydrogen-bond acceptors (Lipinski definition) is 9. The number of anilines is 1. The molecule has 1 aliphatic carbocycles. The second-order valence-electron chi connectivity index (χ2n) is 13.6. The van der Waals surface area contributed by atoms with Crippen LogP contribution in [0.4, 0.5) is 10.5 Å². The van der Waals surface area contributed by atoms with Crippen molar-refractivity contribution >= 4 is 34.0 Å². The third-order valence-corrected chi connectivity index (χ3v) is 8.68. The summed E-state index contributed by atoms with van der Waals surface area (Å²) in [5, 5.41) is 10.4. The van der Waals surface area contributed by atoms with E-state index in [0.29, 0.717) is 31.2 Å². The highest BCUT2D eigenvalue weighted by atomic mass is 16.6. The van der Waals surface area contributed by atoms with Gasteiger partial charge in [-0.2, -0.15) is 5.10 Å². The lowest BCUT2D eigenvalue weighted by molar-refractivity contribution is -0.0366. The van der Waals surface area contributed by atoms with Gasteiger partial charge in [0.15, 0.2) is 6.23 Å². The summed E-state index contributed by atoms with van der Waals surface area (Å²) in [5.41, 5.74) is 12.0. The van der Waals surface area contributed by atoms with E-state index in [0.717, 1.165) is 77.8 Å². The predicted molar refractivity (Wildman–Crippen MR) is 179 cm³/mol. The van der Waals surface area contributed by atoms with Crippen LogP contribution in [-0.2, 0) is 22.6 Å². The zero-order valence-corrected chi connectivity index (χ0v) is 27.4. The molecule has 1 atom stereocenters. The van der Waals surface area contributed by atoms with Crippen LogP contribution >= 0.6 is 0 Å². The van der Waals surface area contributed by atoms with Crippen LogP contribution in [0.1, 0.15) is 82.3 Å². The van der Waals surface area contributed by atoms with Gasteiger partial charge in [0.1, 0.15) is 11.2 Å². The maximum absolute atomic E-state index is 13.0. The summed E-state index contributed by atoms with van der Waals surface area (Å²) in [5.74, 6) is 6.99. The third kappa shape index (κ3) is 7.23. The molecule has 1 unspecified atom stereocenters. The van der Waals surface area contributed by atoms with Crippen molar-refractivity contribution in [3.05, 3.63) is 65.9 Å². The Balaban J connectivity index is 1.18. The molecule has 4 aromatic rings. The van der Waals surface area contributed by atoms with E-state index in [2.05, 4.69) is 16.5 Å². The first-order chi connectivity index (χ1) is 22.1. The molecule has 1 aliphatic heterocycles. The highest BCUT2D eigenvalue weighted by Crippen LogP contribution is 2.32. The van der Waals surface area contributed by atoms with Gasteiger partial charge in [0.05, 0.1) is 36.2 Å². The molecule has 0 radical (unpaired) electrons. The van der Waals surface area contributed by atoms with Gasteiger partial charge in [0.25, 0.3) is 0 Å². The average Bonchev–Trinajstić information content (AvgIpc) is 3.60. The Bertz CT molecular complexity index is 1710. The van der Waals surface area contributed by atoms with Crippen molar-refractivity contribution in [1.82, 2.24) is 29.1 Å². The number of carbonyl (C=O) groups excluding carboxylic acids is 1. The van der Waals surface area contributed by atoms with Gasteiger partial charge in [-0.3, -0.25) is 0 Å². The molecule has 5 N–H and O–H groups in total. The summed E-state index contributed by atoms with van der Waals surface area (Å²) in [6.07, 6.45) is 13.9. The number of benzene rings is 1. The minimum absolute atomic E-state index is 0.0823. The average molecular weight is 630 g/mol. The maximum atomic E-state index is 13.0. The number of imidazole rings is 1. The SMILES string of the molecule is CNc1cc(/C(N)=C/N(N)Cc2cn3cc(CN(CC4CCC4)C(=O)OC(C)(C)C)ccc3n2)c2cnn(C3CCCCO3)c2c1. The van der Waals surface area contributed by atoms with E-state index < -0.39 is 5.60 Å². The number of aromatic nitrogens is 4. The van der Waals surface area contributed by atoms with Crippen LogP contribution in [0.15, 0.2) is 49.1 Å². The lowest BCUT2D eigenvalue weighted by Gasteiger charge is -2.33. The van der Waals surface area contributed by atoms with E-state index in [1.54, 1.807) is 11.2 Å². The molecule has 1 saturated carbocycles. The normalized spacial score (nSPS) is 17.7. The standard InChI is InChI=1S/C34H47N9O3/c1-34(2,3)46-33(44)41(17-23-8-7-9-23)19-24-11-12-31-39-26(20-40(31)18-24)21-42(36)22-29(35)27-14-25(37-4)15-30-28(27)16-38-43(30)32-10-5-6-13-45-32/h11-12,14-16,18,20,22-23,32,37H,5-10,13,17,19,21,35-36H2,1-4H3/b29-22-. The Morgan fingerprint density at radius 3 is 2.67 bits per heavy atom. The second kappa shape index (κ2) is 13.2. The molecule has 2 fully saturated rings. The van der Waals surface area contributed by atoms with Crippen molar-refractivity contribution in [2.24, 2.45) is 17.5 Å². The number of fused-ring (bicyclic) bond motifs is 2. The van der Waals surface area contributed by atoms with Gasteiger partial charge < -0.3 is 34.8 Å². The van der Waals surface area contributed by atoms with Gasteiger partial charge in [-0.25, -0.2) is 20.3 Å². The molecule has 12 heteroatoms. The van der Waals surface area contributed by atoms with Crippen LogP contribution in [0.3, 0.4) is 0 Å². The first-order valence-electron chi connectivity index (χ1n) is 16.3. The molecule has 1 aromatic carbocycles. The number of rotatable bonds is 10. The smallest absolute Gasteiger partial charge is 0.410 e. The van der Waals surface area contributed by atoms with Crippen LogP contribution in [0.25, 0.3) is 22.2 Å². The fourth-order valence-electron chi connectivity index (χ4n) is 6.15. The number of hydrazine groups is 1. The fourth-order valence-corrected chi connectivity index (χ4v) is 6.15. The topological polar surface area (TPSA) is 141 Å². The highest BCUT2D eigenvalue weighted by molar-refractivity contribution is 5.94. The monoisotopic (exact) mass is 629 g/mol. The molecule has 4 heterocycles. The molecule has 12 nitrogen and oxygen atoms in total. The Kier molecular flexibility index (Phi) is 9.10. The van der Waals surface area contributed by atoms with Crippen molar-refractivity contribution in [2.45, 2.75) is 84.2 Å². The molecule has 6 rings (SSSR count). The van der Waals surface area contributed by atoms with Crippen LogP contribution in [0.2, 0.25) is 0 Å². The Morgan fingerprint density at radius 2 is 1.98 bits per heavy atom. The van der Waals surface area contributed by atoms with Gasteiger partial charge in [-0.05, 0) is 82.6 Å². The van der Waals surface area contributed by atoms with E-state index >= 15 is 0 Å². The second-order valence-corrected chi connectivity index (χ2v) is 13.6. The molecule has 0 bridgehead atoms. The van der Waals surface area contributed by atoms with E-state index in [9.17, 15) is 4.79 Å². The van der Waals surface area contributed by atoms with Gasteiger partial charge in [0.2, 0.25) is 0 Å². The minimum Gasteiger partial charge on any atom is -0.444 e. The van der Waals surface area contributed by atoms with Crippen LogP contribution in [0.5, 0.6) is 0 Å². The summed E-state index contributed by atoms with van der Waals surface area (Å²) >= 11 is 0. The van der Waals surface area contributed by atoms with Gasteiger partial charge in [0, 0.05) is 55.4 Å². The summed E-state index contributed by atoms with van der Waals surface area (Å²) < 4.78 is 15.7. The molecule has 3 aromatic heterocycles. The largest absolute Gasteiger partial charge is 0.444 e. The molecule has 246 valence electrons. The lowest BCUT2D eigenvalue weighted by atomic mass is 9.85.